The van der Waals surface area contributed by atoms with Crippen LogP contribution in [-0.4, -0.2) is 21.9 Å². The van der Waals surface area contributed by atoms with Crippen LogP contribution in [0.25, 0.3) is 0 Å². The second-order valence-electron chi connectivity index (χ2n) is 1.74. The fourth-order valence-corrected chi connectivity index (χ4v) is 1.21. The van der Waals surface area contributed by atoms with Crippen LogP contribution < -0.4 is 0 Å². The molecule has 4 heteroatoms. The van der Waals surface area contributed by atoms with Gasteiger partial charge in [-0.2, -0.15) is 0 Å². The first-order valence-corrected chi connectivity index (χ1v) is 3.61. The third-order valence-electron chi connectivity index (χ3n) is 0.929. The minimum atomic E-state index is -0.813. The van der Waals surface area contributed by atoms with Crippen LogP contribution in [0.2, 0.25) is 0 Å². The van der Waals surface area contributed by atoms with E-state index in [0.29, 0.717) is 0 Å². The Morgan fingerprint density at radius 3 is 2.90 bits per heavy atom. The molecule has 54 valence electrons. The van der Waals surface area contributed by atoms with Gasteiger partial charge in [-0.05, 0) is 23.4 Å². The van der Waals surface area contributed by atoms with Crippen molar-refractivity contribution in [3.63, 3.8) is 0 Å². The zero-order valence-electron chi connectivity index (χ0n) is 5.23. The summed E-state index contributed by atoms with van der Waals surface area (Å²) in [5.74, 6) is -0.813. The number of carboxylic acids is 1. The Morgan fingerprint density at radius 1 is 1.60 bits per heavy atom. The first kappa shape index (κ1) is 7.21. The first-order chi connectivity index (χ1) is 4.79. The topological polar surface area (TPSA) is 40.5 Å². The molecule has 0 bridgehead atoms. The highest BCUT2D eigenvalue weighted by Gasteiger charge is 2.04. The lowest BCUT2D eigenvalue weighted by Gasteiger charge is -2.15. The van der Waals surface area contributed by atoms with Gasteiger partial charge in [0.2, 0.25) is 0 Å². The molecule has 0 saturated carbocycles. The van der Waals surface area contributed by atoms with Gasteiger partial charge >= 0.3 is 5.97 Å². The molecule has 0 aliphatic carbocycles. The largest absolute Gasteiger partial charge is 0.480 e. The molecule has 0 fully saturated rings. The van der Waals surface area contributed by atoms with Crippen LogP contribution in [0.4, 0.5) is 0 Å². The number of rotatable bonds is 2. The molecular weight excluding hydrogens is 150 g/mol. The molecule has 0 aromatic rings. The molecule has 0 saturated heterocycles. The van der Waals surface area contributed by atoms with Crippen molar-refractivity contribution in [1.82, 2.24) is 4.31 Å². The van der Waals surface area contributed by atoms with Crippen molar-refractivity contribution < 1.29 is 9.90 Å². The van der Waals surface area contributed by atoms with Gasteiger partial charge in [0.1, 0.15) is 6.54 Å². The van der Waals surface area contributed by atoms with Crippen LogP contribution in [0.15, 0.2) is 23.8 Å². The van der Waals surface area contributed by atoms with Crippen LogP contribution in [0.3, 0.4) is 0 Å². The predicted octanol–water partition coefficient (Wildman–Crippen LogP) is 1.06. The molecule has 0 amide bonds. The highest BCUT2D eigenvalue weighted by Crippen LogP contribution is 2.15. The average Bonchev–Trinajstić information content (AvgIpc) is 1.88. The number of carboxylic acid groups (broad SMARTS) is 1. The second kappa shape index (κ2) is 3.31. The van der Waals surface area contributed by atoms with E-state index in [0.717, 1.165) is 0 Å². The van der Waals surface area contributed by atoms with Crippen LogP contribution in [0.5, 0.6) is 0 Å². The summed E-state index contributed by atoms with van der Waals surface area (Å²) in [6.07, 6.45) is 5.40. The Balaban J connectivity index is 2.37. The fourth-order valence-electron chi connectivity index (χ4n) is 0.563. The maximum Gasteiger partial charge on any atom is 0.324 e. The SMILES string of the molecule is O=C(O)CN1C=CC=CS1. The summed E-state index contributed by atoms with van der Waals surface area (Å²) < 4.78 is 1.64. The van der Waals surface area contributed by atoms with Gasteiger partial charge < -0.3 is 9.41 Å². The van der Waals surface area contributed by atoms with Gasteiger partial charge in [-0.1, -0.05) is 6.08 Å². The van der Waals surface area contributed by atoms with E-state index in [9.17, 15) is 4.79 Å². The molecule has 0 radical (unpaired) electrons. The van der Waals surface area contributed by atoms with Crippen LogP contribution >= 0.6 is 11.9 Å². The van der Waals surface area contributed by atoms with Crippen LogP contribution in [-0.2, 0) is 4.79 Å². The van der Waals surface area contributed by atoms with E-state index in [1.165, 1.54) is 11.9 Å². The Hall–Kier alpha value is -0.900. The molecule has 1 N–H and O–H groups in total. The summed E-state index contributed by atoms with van der Waals surface area (Å²) in [7, 11) is 0. The molecule has 0 unspecified atom stereocenters. The Bertz CT molecular complexity index is 188. The number of hydrogen-bond acceptors (Lipinski definition) is 3. The maximum atomic E-state index is 10.2. The summed E-state index contributed by atoms with van der Waals surface area (Å²) in [6, 6.07) is 0. The van der Waals surface area contributed by atoms with E-state index in [2.05, 4.69) is 0 Å². The van der Waals surface area contributed by atoms with Crippen molar-refractivity contribution in [2.45, 2.75) is 0 Å². The van der Waals surface area contributed by atoms with Crippen molar-refractivity contribution in [3.8, 4) is 0 Å². The maximum absolute atomic E-state index is 10.2. The van der Waals surface area contributed by atoms with Gasteiger partial charge in [0.05, 0.1) is 0 Å². The number of hydrogen-bond donors (Lipinski definition) is 1. The van der Waals surface area contributed by atoms with Crippen molar-refractivity contribution in [1.29, 1.82) is 0 Å². The Kier molecular flexibility index (Phi) is 2.39. The standard InChI is InChI=1S/C6H7NO2S/c8-6(9)5-7-3-1-2-4-10-7/h1-4H,5H2,(H,8,9). The highest BCUT2D eigenvalue weighted by atomic mass is 32.2. The minimum Gasteiger partial charge on any atom is -0.480 e. The first-order valence-electron chi connectivity index (χ1n) is 2.77. The Labute approximate surface area is 63.2 Å². The van der Waals surface area contributed by atoms with E-state index in [1.54, 1.807) is 16.6 Å². The van der Waals surface area contributed by atoms with E-state index in [-0.39, 0.29) is 6.54 Å². The molecule has 0 spiro atoms. The van der Waals surface area contributed by atoms with Crippen molar-refractivity contribution in [3.05, 3.63) is 23.8 Å². The third-order valence-corrected chi connectivity index (χ3v) is 1.73. The molecule has 1 aliphatic heterocycles. The van der Waals surface area contributed by atoms with E-state index >= 15 is 0 Å². The molecule has 0 atom stereocenters. The molecule has 1 heterocycles. The smallest absolute Gasteiger partial charge is 0.324 e. The molecule has 3 nitrogen and oxygen atoms in total. The number of allylic oxidation sites excluding steroid dienone is 2. The number of carbonyl (C=O) groups is 1. The van der Waals surface area contributed by atoms with Crippen molar-refractivity contribution >= 4 is 17.9 Å². The summed E-state index contributed by atoms with van der Waals surface area (Å²) in [4.78, 5) is 10.2. The third kappa shape index (κ3) is 2.14. The summed E-state index contributed by atoms with van der Waals surface area (Å²) in [5.41, 5.74) is 0. The number of nitrogens with zero attached hydrogens (tertiary/aromatic N) is 1. The molecule has 0 aromatic heterocycles. The van der Waals surface area contributed by atoms with Gasteiger partial charge in [0.15, 0.2) is 0 Å². The van der Waals surface area contributed by atoms with Gasteiger partial charge in [0, 0.05) is 6.20 Å². The van der Waals surface area contributed by atoms with E-state index < -0.39 is 5.97 Å². The predicted molar refractivity (Wildman–Crippen MR) is 40.2 cm³/mol. The monoisotopic (exact) mass is 157 g/mol. The van der Waals surface area contributed by atoms with Gasteiger partial charge in [-0.3, -0.25) is 4.79 Å². The lowest BCUT2D eigenvalue weighted by atomic mass is 10.5. The summed E-state index contributed by atoms with van der Waals surface area (Å²) in [6.45, 7) is 0.0471. The Morgan fingerprint density at radius 2 is 2.40 bits per heavy atom. The minimum absolute atomic E-state index is 0.0471. The summed E-state index contributed by atoms with van der Waals surface area (Å²) >= 11 is 1.38. The molecule has 1 rings (SSSR count). The molecule has 1 aliphatic rings. The molecular formula is C6H7NO2S. The molecule has 0 aromatic carbocycles. The van der Waals surface area contributed by atoms with Gasteiger partial charge in [0.25, 0.3) is 0 Å². The lowest BCUT2D eigenvalue weighted by molar-refractivity contribution is -0.136. The quantitative estimate of drug-likeness (QED) is 0.608. The number of aliphatic carboxylic acids is 1. The summed E-state index contributed by atoms with van der Waals surface area (Å²) in [5, 5.41) is 10.2. The average molecular weight is 157 g/mol. The van der Waals surface area contributed by atoms with Crippen LogP contribution in [0, 0.1) is 0 Å². The lowest BCUT2D eigenvalue weighted by Crippen LogP contribution is -2.18. The van der Waals surface area contributed by atoms with Crippen molar-refractivity contribution in [2.24, 2.45) is 0 Å². The van der Waals surface area contributed by atoms with Crippen LogP contribution in [0.1, 0.15) is 0 Å². The fraction of sp³-hybridized carbons (Fsp3) is 0.167. The zero-order chi connectivity index (χ0) is 7.40. The van der Waals surface area contributed by atoms with Gasteiger partial charge in [-0.15, -0.1) is 0 Å². The highest BCUT2D eigenvalue weighted by molar-refractivity contribution is 8.00. The van der Waals surface area contributed by atoms with Gasteiger partial charge in [-0.25, -0.2) is 0 Å². The van der Waals surface area contributed by atoms with E-state index in [4.69, 9.17) is 5.11 Å². The second-order valence-corrected chi connectivity index (χ2v) is 2.70. The normalized spacial score (nSPS) is 15.8. The van der Waals surface area contributed by atoms with E-state index in [1.807, 2.05) is 11.5 Å². The molecule has 10 heavy (non-hydrogen) atoms. The van der Waals surface area contributed by atoms with Crippen molar-refractivity contribution in [2.75, 3.05) is 6.54 Å². The zero-order valence-corrected chi connectivity index (χ0v) is 6.04.